The van der Waals surface area contributed by atoms with Crippen LogP contribution in [0.1, 0.15) is 33.6 Å². The molecule has 3 heterocycles. The first kappa shape index (κ1) is 37.7. The SMILES string of the molecule is CN(C)c1ccc(C2=CC(=Cc3ccc(C=C4C=C(c5ccc(N(C)C)cc5)OC(c5ccc(N(C)C)cc5)=C4)n3C)C=C(c3ccc(N(C)C)cc3)O2)cc1. The number of hydrogen-bond donors (Lipinski definition) is 0. The molecule has 4 aromatic carbocycles. The number of hydrogen-bond acceptors (Lipinski definition) is 6. The monoisotopic (exact) mass is 741 g/mol. The van der Waals surface area contributed by atoms with Crippen LogP contribution in [0, 0.1) is 0 Å². The molecule has 5 aromatic rings. The standard InChI is InChI=1S/C49H51N5O2/c1-50(2)40-18-10-36(11-19-40)46-30-34(31-47(55-46)37-12-20-41(21-13-37)51(3)4)28-44-26-27-45(54(44)9)29-35-32-48(38-14-22-42(23-15-38)52(5)6)56-49(33-35)39-16-24-43(25-17-39)53(7)8/h10-33H,1-9H3. The third kappa shape index (κ3) is 8.37. The minimum Gasteiger partial charge on any atom is -0.456 e. The van der Waals surface area contributed by atoms with Crippen molar-refractivity contribution in [3.8, 4) is 0 Å². The van der Waals surface area contributed by atoms with Crippen LogP contribution >= 0.6 is 0 Å². The van der Waals surface area contributed by atoms with Crippen molar-refractivity contribution in [2.24, 2.45) is 7.05 Å². The Kier molecular flexibility index (Phi) is 10.8. The van der Waals surface area contributed by atoms with Gasteiger partial charge in [-0.15, -0.1) is 0 Å². The number of anilines is 4. The third-order valence-corrected chi connectivity index (χ3v) is 10.1. The van der Waals surface area contributed by atoms with Gasteiger partial charge in [0.2, 0.25) is 0 Å². The fraction of sp³-hybridized carbons (Fsp3) is 0.184. The number of aromatic nitrogens is 1. The lowest BCUT2D eigenvalue weighted by Gasteiger charge is -2.21. The molecule has 0 amide bonds. The molecule has 7 heteroatoms. The molecule has 0 radical (unpaired) electrons. The van der Waals surface area contributed by atoms with E-state index in [0.717, 1.165) is 90.6 Å². The second kappa shape index (κ2) is 16.0. The van der Waals surface area contributed by atoms with Gasteiger partial charge in [-0.2, -0.15) is 0 Å². The molecule has 0 spiro atoms. The first-order chi connectivity index (χ1) is 26.9. The molecule has 0 N–H and O–H groups in total. The van der Waals surface area contributed by atoms with Crippen molar-refractivity contribution in [1.29, 1.82) is 0 Å². The molecule has 0 saturated carbocycles. The molecular weight excluding hydrogens is 691 g/mol. The smallest absolute Gasteiger partial charge is 0.135 e. The zero-order valence-corrected chi connectivity index (χ0v) is 33.9. The highest BCUT2D eigenvalue weighted by Crippen LogP contribution is 2.36. The Morgan fingerprint density at radius 1 is 0.357 bits per heavy atom. The van der Waals surface area contributed by atoms with Crippen LogP contribution in [0.4, 0.5) is 22.7 Å². The first-order valence-electron chi connectivity index (χ1n) is 18.8. The fourth-order valence-corrected chi connectivity index (χ4v) is 6.65. The van der Waals surface area contributed by atoms with Crippen molar-refractivity contribution in [2.45, 2.75) is 0 Å². The van der Waals surface area contributed by atoms with Crippen molar-refractivity contribution >= 4 is 57.9 Å². The third-order valence-electron chi connectivity index (χ3n) is 10.1. The maximum atomic E-state index is 6.60. The van der Waals surface area contributed by atoms with Crippen LogP contribution in [0.3, 0.4) is 0 Å². The summed E-state index contributed by atoms with van der Waals surface area (Å²) in [6.07, 6.45) is 12.9. The van der Waals surface area contributed by atoms with Crippen molar-refractivity contribution in [2.75, 3.05) is 76.0 Å². The summed E-state index contributed by atoms with van der Waals surface area (Å²) in [6, 6.07) is 38.3. The van der Waals surface area contributed by atoms with E-state index in [1.807, 2.05) is 0 Å². The molecule has 2 aliphatic heterocycles. The normalized spacial score (nSPS) is 13.7. The fourth-order valence-electron chi connectivity index (χ4n) is 6.65. The van der Waals surface area contributed by atoms with Crippen LogP contribution in [-0.4, -0.2) is 60.9 Å². The summed E-state index contributed by atoms with van der Waals surface area (Å²) in [7, 11) is 18.5. The predicted molar refractivity (Wildman–Crippen MR) is 239 cm³/mol. The number of nitrogens with zero attached hydrogens (tertiary/aromatic N) is 5. The van der Waals surface area contributed by atoms with Crippen molar-refractivity contribution in [1.82, 2.24) is 4.57 Å². The Bertz CT molecular complexity index is 2070. The van der Waals surface area contributed by atoms with Crippen LogP contribution in [0.15, 0.2) is 145 Å². The quantitative estimate of drug-likeness (QED) is 0.142. The summed E-state index contributed by atoms with van der Waals surface area (Å²) in [5, 5.41) is 0. The van der Waals surface area contributed by atoms with E-state index in [2.05, 4.69) is 233 Å². The van der Waals surface area contributed by atoms with Crippen LogP contribution in [0.25, 0.3) is 35.2 Å². The van der Waals surface area contributed by atoms with Crippen LogP contribution in [0.2, 0.25) is 0 Å². The molecule has 7 nitrogen and oxygen atoms in total. The van der Waals surface area contributed by atoms with Gasteiger partial charge in [-0.05, 0) is 157 Å². The zero-order chi connectivity index (χ0) is 39.5. The lowest BCUT2D eigenvalue weighted by molar-refractivity contribution is 0.466. The highest BCUT2D eigenvalue weighted by molar-refractivity contribution is 5.83. The van der Waals surface area contributed by atoms with Crippen molar-refractivity contribution in [3.63, 3.8) is 0 Å². The molecular formula is C49H51N5O2. The molecule has 0 unspecified atom stereocenters. The summed E-state index contributed by atoms with van der Waals surface area (Å²) in [4.78, 5) is 8.40. The molecule has 7 rings (SSSR count). The Hall–Kier alpha value is -6.60. The topological polar surface area (TPSA) is 36.4 Å². The second-order valence-corrected chi connectivity index (χ2v) is 15.0. The van der Waals surface area contributed by atoms with Crippen molar-refractivity contribution < 1.29 is 9.47 Å². The minimum atomic E-state index is 0.807. The highest BCUT2D eigenvalue weighted by Gasteiger charge is 2.19. The molecule has 56 heavy (non-hydrogen) atoms. The average Bonchev–Trinajstić information content (AvgIpc) is 3.54. The van der Waals surface area contributed by atoms with E-state index in [1.54, 1.807) is 0 Å². The molecule has 1 aromatic heterocycles. The minimum absolute atomic E-state index is 0.807. The lowest BCUT2D eigenvalue weighted by Crippen LogP contribution is -2.09. The summed E-state index contributed by atoms with van der Waals surface area (Å²) in [6.45, 7) is 0. The zero-order valence-electron chi connectivity index (χ0n) is 33.9. The predicted octanol–water partition coefficient (Wildman–Crippen LogP) is 10.3. The van der Waals surface area contributed by atoms with E-state index < -0.39 is 0 Å². The Morgan fingerprint density at radius 3 is 0.804 bits per heavy atom. The molecule has 0 aliphatic carbocycles. The van der Waals surface area contributed by atoms with Crippen LogP contribution in [0.5, 0.6) is 0 Å². The van der Waals surface area contributed by atoms with Crippen molar-refractivity contribution in [3.05, 3.63) is 178 Å². The van der Waals surface area contributed by atoms with Gasteiger partial charge in [0, 0.05) is 120 Å². The Balaban J connectivity index is 1.26. The van der Waals surface area contributed by atoms with Gasteiger partial charge in [0.25, 0.3) is 0 Å². The van der Waals surface area contributed by atoms with Gasteiger partial charge in [-0.25, -0.2) is 0 Å². The van der Waals surface area contributed by atoms with E-state index in [0.29, 0.717) is 0 Å². The van der Waals surface area contributed by atoms with E-state index in [1.165, 1.54) is 0 Å². The Labute approximate surface area is 332 Å². The van der Waals surface area contributed by atoms with Crippen LogP contribution < -0.4 is 19.6 Å². The van der Waals surface area contributed by atoms with Gasteiger partial charge in [0.05, 0.1) is 0 Å². The second-order valence-electron chi connectivity index (χ2n) is 15.0. The molecule has 0 fully saturated rings. The van der Waals surface area contributed by atoms with E-state index >= 15 is 0 Å². The molecule has 0 atom stereocenters. The van der Waals surface area contributed by atoms with Gasteiger partial charge >= 0.3 is 0 Å². The van der Waals surface area contributed by atoms with Gasteiger partial charge in [-0.1, -0.05) is 0 Å². The summed E-state index contributed by atoms with van der Waals surface area (Å²) < 4.78 is 15.4. The van der Waals surface area contributed by atoms with E-state index in [4.69, 9.17) is 9.47 Å². The average molecular weight is 742 g/mol. The highest BCUT2D eigenvalue weighted by atomic mass is 16.5. The number of allylic oxidation sites excluding steroid dienone is 6. The van der Waals surface area contributed by atoms with Gasteiger partial charge in [-0.3, -0.25) is 0 Å². The number of rotatable bonds is 10. The maximum Gasteiger partial charge on any atom is 0.135 e. The summed E-state index contributed by atoms with van der Waals surface area (Å²) in [5.41, 5.74) is 12.9. The van der Waals surface area contributed by atoms with Crippen LogP contribution in [-0.2, 0) is 16.5 Å². The number of ether oxygens (including phenoxy) is 2. The number of benzene rings is 4. The van der Waals surface area contributed by atoms with Gasteiger partial charge in [0.15, 0.2) is 0 Å². The summed E-state index contributed by atoms with van der Waals surface area (Å²) in [5.74, 6) is 3.23. The van der Waals surface area contributed by atoms with E-state index in [9.17, 15) is 0 Å². The maximum absolute atomic E-state index is 6.60. The largest absolute Gasteiger partial charge is 0.456 e. The lowest BCUT2D eigenvalue weighted by atomic mass is 10.0. The first-order valence-corrected chi connectivity index (χ1v) is 18.8. The molecule has 0 saturated heterocycles. The summed E-state index contributed by atoms with van der Waals surface area (Å²) >= 11 is 0. The van der Waals surface area contributed by atoms with Gasteiger partial charge < -0.3 is 33.6 Å². The van der Waals surface area contributed by atoms with Gasteiger partial charge in [0.1, 0.15) is 23.0 Å². The Morgan fingerprint density at radius 2 is 0.589 bits per heavy atom. The molecule has 0 bridgehead atoms. The molecule has 2 aliphatic rings. The molecule has 284 valence electrons. The van der Waals surface area contributed by atoms with E-state index in [-0.39, 0.29) is 0 Å².